The molecule has 1 N–H and O–H groups in total. The first-order valence-electron chi connectivity index (χ1n) is 5.74. The maximum atomic E-state index is 4.50. The van der Waals surface area contributed by atoms with Crippen LogP contribution in [0.3, 0.4) is 0 Å². The first-order valence-corrected chi connectivity index (χ1v) is 5.74. The second kappa shape index (κ2) is 4.67. The van der Waals surface area contributed by atoms with Crippen LogP contribution in [0.1, 0.15) is 26.5 Å². The van der Waals surface area contributed by atoms with Gasteiger partial charge >= 0.3 is 0 Å². The largest absolute Gasteiger partial charge is 0.306 e. The molecule has 0 bridgehead atoms. The summed E-state index contributed by atoms with van der Waals surface area (Å²) in [6.07, 6.45) is 5.51. The topological polar surface area (TPSA) is 42.7 Å². The van der Waals surface area contributed by atoms with Crippen LogP contribution in [0.4, 0.5) is 0 Å². The normalized spacial score (nSPS) is 11.7. The molecular formula is C13H18N4. The summed E-state index contributed by atoms with van der Waals surface area (Å²) in [7, 11) is 0. The maximum absolute atomic E-state index is 4.50. The van der Waals surface area contributed by atoms with E-state index in [-0.39, 0.29) is 5.54 Å². The van der Waals surface area contributed by atoms with Gasteiger partial charge in [0.25, 0.3) is 0 Å². The second-order valence-electron chi connectivity index (χ2n) is 5.07. The van der Waals surface area contributed by atoms with E-state index in [1.807, 2.05) is 29.1 Å². The monoisotopic (exact) mass is 230 g/mol. The highest BCUT2D eigenvalue weighted by molar-refractivity contribution is 5.26. The fraction of sp³-hybridized carbons (Fsp3) is 0.385. The second-order valence-corrected chi connectivity index (χ2v) is 5.07. The predicted molar refractivity (Wildman–Crippen MR) is 68.0 cm³/mol. The third-order valence-electron chi connectivity index (χ3n) is 2.35. The smallest absolute Gasteiger partial charge is 0.0828 e. The molecule has 0 fully saturated rings. The lowest BCUT2D eigenvalue weighted by molar-refractivity contribution is 0.420. The van der Waals surface area contributed by atoms with E-state index in [2.05, 4.69) is 36.2 Å². The van der Waals surface area contributed by atoms with Gasteiger partial charge in [0.15, 0.2) is 0 Å². The van der Waals surface area contributed by atoms with Crippen LogP contribution in [0.25, 0.3) is 5.69 Å². The molecule has 0 aliphatic carbocycles. The average molecular weight is 230 g/mol. The Hall–Kier alpha value is -1.68. The highest BCUT2D eigenvalue weighted by Crippen LogP contribution is 2.06. The van der Waals surface area contributed by atoms with E-state index >= 15 is 0 Å². The van der Waals surface area contributed by atoms with Crippen molar-refractivity contribution in [3.8, 4) is 5.69 Å². The molecule has 0 aliphatic rings. The van der Waals surface area contributed by atoms with Gasteiger partial charge in [-0.05, 0) is 39.0 Å². The van der Waals surface area contributed by atoms with Crippen molar-refractivity contribution < 1.29 is 0 Å². The van der Waals surface area contributed by atoms with Gasteiger partial charge in [-0.2, -0.15) is 5.10 Å². The molecular weight excluding hydrogens is 212 g/mol. The Morgan fingerprint density at radius 2 is 2.12 bits per heavy atom. The Balaban J connectivity index is 2.07. The summed E-state index contributed by atoms with van der Waals surface area (Å²) in [5.41, 5.74) is 2.12. The molecule has 2 aromatic heterocycles. The molecule has 0 spiro atoms. The number of aromatic nitrogens is 3. The van der Waals surface area contributed by atoms with Crippen LogP contribution in [-0.2, 0) is 6.54 Å². The van der Waals surface area contributed by atoms with Crippen LogP contribution in [0.5, 0.6) is 0 Å². The molecule has 0 aliphatic heterocycles. The summed E-state index contributed by atoms with van der Waals surface area (Å²) in [6, 6.07) is 5.91. The molecule has 0 amide bonds. The zero-order valence-electron chi connectivity index (χ0n) is 10.5. The van der Waals surface area contributed by atoms with Crippen molar-refractivity contribution in [2.75, 3.05) is 0 Å². The van der Waals surface area contributed by atoms with Crippen molar-refractivity contribution in [1.82, 2.24) is 20.1 Å². The Morgan fingerprint density at radius 3 is 2.76 bits per heavy atom. The zero-order valence-corrected chi connectivity index (χ0v) is 10.5. The van der Waals surface area contributed by atoms with E-state index in [0.717, 1.165) is 17.9 Å². The minimum absolute atomic E-state index is 0.109. The Kier molecular flexibility index (Phi) is 3.24. The Morgan fingerprint density at radius 1 is 1.29 bits per heavy atom. The van der Waals surface area contributed by atoms with E-state index < -0.39 is 0 Å². The van der Waals surface area contributed by atoms with Crippen LogP contribution < -0.4 is 5.32 Å². The van der Waals surface area contributed by atoms with Crippen molar-refractivity contribution in [3.63, 3.8) is 0 Å². The van der Waals surface area contributed by atoms with Crippen molar-refractivity contribution in [1.29, 1.82) is 0 Å². The molecule has 4 heteroatoms. The zero-order chi connectivity index (χ0) is 12.3. The summed E-state index contributed by atoms with van der Waals surface area (Å²) in [4.78, 5) is 4.08. The number of pyridine rings is 1. The third kappa shape index (κ3) is 3.39. The molecule has 2 aromatic rings. The molecule has 0 saturated heterocycles. The fourth-order valence-corrected chi connectivity index (χ4v) is 1.44. The predicted octanol–water partition coefficient (Wildman–Crippen LogP) is 2.16. The summed E-state index contributed by atoms with van der Waals surface area (Å²) in [5.74, 6) is 0. The summed E-state index contributed by atoms with van der Waals surface area (Å²) >= 11 is 0. The number of nitrogens with zero attached hydrogens (tertiary/aromatic N) is 3. The van der Waals surface area contributed by atoms with Gasteiger partial charge in [-0.25, -0.2) is 4.68 Å². The quantitative estimate of drug-likeness (QED) is 0.878. The molecule has 4 nitrogen and oxygen atoms in total. The maximum Gasteiger partial charge on any atom is 0.0828 e. The molecule has 2 rings (SSSR count). The molecule has 0 saturated carbocycles. The lowest BCUT2D eigenvalue weighted by atomic mass is 10.1. The van der Waals surface area contributed by atoms with Gasteiger partial charge in [0, 0.05) is 24.5 Å². The third-order valence-corrected chi connectivity index (χ3v) is 2.35. The van der Waals surface area contributed by atoms with Crippen molar-refractivity contribution in [2.24, 2.45) is 0 Å². The number of nitrogens with one attached hydrogen (secondary N) is 1. The summed E-state index contributed by atoms with van der Waals surface area (Å²) < 4.78 is 1.84. The van der Waals surface area contributed by atoms with Gasteiger partial charge in [-0.1, -0.05) is 0 Å². The molecule has 17 heavy (non-hydrogen) atoms. The standard InChI is InChI=1S/C13H18N4/c1-13(2,3)15-9-11-6-8-17(16-11)12-5-4-7-14-10-12/h4-8,10,15H,9H2,1-3H3. The minimum atomic E-state index is 0.109. The molecule has 0 aromatic carbocycles. The van der Waals surface area contributed by atoms with E-state index in [0.29, 0.717) is 0 Å². The lowest BCUT2D eigenvalue weighted by Gasteiger charge is -2.19. The summed E-state index contributed by atoms with van der Waals surface area (Å²) in [6.45, 7) is 7.21. The number of hydrogen-bond acceptors (Lipinski definition) is 3. The summed E-state index contributed by atoms with van der Waals surface area (Å²) in [5, 5.41) is 7.91. The van der Waals surface area contributed by atoms with Crippen LogP contribution in [0, 0.1) is 0 Å². The average Bonchev–Trinajstić information content (AvgIpc) is 2.75. The van der Waals surface area contributed by atoms with Gasteiger partial charge in [0.1, 0.15) is 0 Å². The minimum Gasteiger partial charge on any atom is -0.306 e. The highest BCUT2D eigenvalue weighted by atomic mass is 15.3. The molecule has 0 atom stereocenters. The van der Waals surface area contributed by atoms with Crippen LogP contribution in [-0.4, -0.2) is 20.3 Å². The molecule has 0 unspecified atom stereocenters. The van der Waals surface area contributed by atoms with Gasteiger partial charge < -0.3 is 5.32 Å². The van der Waals surface area contributed by atoms with E-state index in [9.17, 15) is 0 Å². The van der Waals surface area contributed by atoms with Crippen molar-refractivity contribution in [2.45, 2.75) is 32.9 Å². The molecule has 0 radical (unpaired) electrons. The first kappa shape index (κ1) is 11.8. The van der Waals surface area contributed by atoms with Crippen LogP contribution in [0.2, 0.25) is 0 Å². The van der Waals surface area contributed by atoms with Gasteiger partial charge in [-0.15, -0.1) is 0 Å². The molecule has 90 valence electrons. The van der Waals surface area contributed by atoms with Crippen molar-refractivity contribution in [3.05, 3.63) is 42.5 Å². The Bertz CT molecular complexity index is 468. The highest BCUT2D eigenvalue weighted by Gasteiger charge is 2.09. The first-order chi connectivity index (χ1) is 8.04. The van der Waals surface area contributed by atoms with Crippen LogP contribution in [0.15, 0.2) is 36.8 Å². The fourth-order valence-electron chi connectivity index (χ4n) is 1.44. The van der Waals surface area contributed by atoms with E-state index in [4.69, 9.17) is 0 Å². The lowest BCUT2D eigenvalue weighted by Crippen LogP contribution is -2.35. The van der Waals surface area contributed by atoms with Gasteiger partial charge in [0.2, 0.25) is 0 Å². The SMILES string of the molecule is CC(C)(C)NCc1ccn(-c2cccnc2)n1. The number of hydrogen-bond donors (Lipinski definition) is 1. The van der Waals surface area contributed by atoms with E-state index in [1.54, 1.807) is 12.4 Å². The van der Waals surface area contributed by atoms with Crippen molar-refractivity contribution >= 4 is 0 Å². The Labute approximate surface area is 102 Å². The van der Waals surface area contributed by atoms with Gasteiger partial charge in [0.05, 0.1) is 17.6 Å². The number of rotatable bonds is 3. The van der Waals surface area contributed by atoms with E-state index in [1.165, 1.54) is 0 Å². The van der Waals surface area contributed by atoms with Gasteiger partial charge in [-0.3, -0.25) is 4.98 Å². The molecule has 2 heterocycles. The van der Waals surface area contributed by atoms with Crippen LogP contribution >= 0.6 is 0 Å².